The maximum atomic E-state index is 13.8. The molecule has 0 bridgehead atoms. The molecule has 0 radical (unpaired) electrons. The van der Waals surface area contributed by atoms with Gasteiger partial charge in [0.1, 0.15) is 11.6 Å². The first-order chi connectivity index (χ1) is 16.9. The van der Waals surface area contributed by atoms with Crippen molar-refractivity contribution in [3.63, 3.8) is 0 Å². The number of nitrogens with zero attached hydrogens (tertiary/aromatic N) is 1. The molecule has 1 heterocycles. The van der Waals surface area contributed by atoms with Crippen LogP contribution in [0.4, 0.5) is 20.2 Å². The number of anilines is 2. The first kappa shape index (κ1) is 22.3. The zero-order valence-electron chi connectivity index (χ0n) is 18.6. The van der Waals surface area contributed by atoms with Crippen molar-refractivity contribution in [1.29, 1.82) is 0 Å². The van der Waals surface area contributed by atoms with Crippen molar-refractivity contribution in [2.75, 3.05) is 11.1 Å². The number of benzene rings is 4. The van der Waals surface area contributed by atoms with Crippen LogP contribution in [-0.2, 0) is 13.1 Å². The van der Waals surface area contributed by atoms with Gasteiger partial charge in [0.05, 0.1) is 11.4 Å². The van der Waals surface area contributed by atoms with Crippen molar-refractivity contribution in [1.82, 2.24) is 4.90 Å². The molecule has 3 N–H and O–H groups in total. The van der Waals surface area contributed by atoms with Crippen LogP contribution in [0.1, 0.15) is 31.8 Å². The third kappa shape index (κ3) is 4.48. The van der Waals surface area contributed by atoms with Gasteiger partial charge in [-0.2, -0.15) is 0 Å². The number of nitrogens with two attached hydrogens (primary N) is 1. The van der Waals surface area contributed by atoms with Gasteiger partial charge >= 0.3 is 0 Å². The van der Waals surface area contributed by atoms with E-state index in [0.29, 0.717) is 46.7 Å². The van der Waals surface area contributed by atoms with Crippen LogP contribution < -0.4 is 11.1 Å². The Morgan fingerprint density at radius 3 is 2.29 bits per heavy atom. The average Bonchev–Trinajstić information content (AvgIpc) is 3.15. The van der Waals surface area contributed by atoms with Gasteiger partial charge in [-0.25, -0.2) is 8.78 Å². The smallest absolute Gasteiger partial charge is 0.255 e. The highest BCUT2D eigenvalue weighted by Gasteiger charge is 2.29. The van der Waals surface area contributed by atoms with Crippen LogP contribution in [0.3, 0.4) is 0 Å². The summed E-state index contributed by atoms with van der Waals surface area (Å²) in [6.07, 6.45) is 0. The number of rotatable bonds is 5. The summed E-state index contributed by atoms with van der Waals surface area (Å²) in [5, 5.41) is 2.79. The molecule has 0 fully saturated rings. The molecule has 4 aromatic carbocycles. The summed E-state index contributed by atoms with van der Waals surface area (Å²) < 4.78 is 27.6. The van der Waals surface area contributed by atoms with Crippen LogP contribution in [0.2, 0.25) is 0 Å². The fraction of sp³-hybridized carbons (Fsp3) is 0.0714. The second-order valence-electron chi connectivity index (χ2n) is 8.39. The Bertz CT molecular complexity index is 1430. The largest absolute Gasteiger partial charge is 0.397 e. The average molecular weight is 469 g/mol. The summed E-state index contributed by atoms with van der Waals surface area (Å²) in [4.78, 5) is 27.3. The van der Waals surface area contributed by atoms with Crippen molar-refractivity contribution in [2.24, 2.45) is 0 Å². The van der Waals surface area contributed by atoms with E-state index in [1.54, 1.807) is 71.6 Å². The van der Waals surface area contributed by atoms with Crippen LogP contribution >= 0.6 is 0 Å². The molecule has 0 aliphatic carbocycles. The van der Waals surface area contributed by atoms with Gasteiger partial charge in [-0.15, -0.1) is 0 Å². The molecule has 2 amide bonds. The number of carbonyl (C=O) groups excluding carboxylic acids is 2. The molecule has 0 atom stereocenters. The number of halogens is 2. The van der Waals surface area contributed by atoms with Crippen LogP contribution in [0.15, 0.2) is 84.9 Å². The van der Waals surface area contributed by atoms with Crippen LogP contribution in [0.25, 0.3) is 11.1 Å². The lowest BCUT2D eigenvalue weighted by Crippen LogP contribution is -2.23. The normalized spacial score (nSPS) is 12.5. The minimum absolute atomic E-state index is 0.153. The molecule has 4 aromatic rings. The van der Waals surface area contributed by atoms with Crippen molar-refractivity contribution < 1.29 is 18.4 Å². The Labute approximate surface area is 200 Å². The number of hydrogen-bond donors (Lipinski definition) is 2. The number of nitrogen functional groups attached to an aromatic ring is 1. The molecule has 1 aliphatic heterocycles. The maximum absolute atomic E-state index is 13.8. The quantitative estimate of drug-likeness (QED) is 0.373. The third-order valence-corrected chi connectivity index (χ3v) is 6.01. The number of amides is 2. The molecule has 35 heavy (non-hydrogen) atoms. The predicted molar refractivity (Wildman–Crippen MR) is 131 cm³/mol. The first-order valence-corrected chi connectivity index (χ1v) is 11.0. The second kappa shape index (κ2) is 9.02. The van der Waals surface area contributed by atoms with Crippen molar-refractivity contribution >= 4 is 23.2 Å². The second-order valence-corrected chi connectivity index (χ2v) is 8.39. The fourth-order valence-corrected chi connectivity index (χ4v) is 4.29. The van der Waals surface area contributed by atoms with Crippen molar-refractivity contribution in [2.45, 2.75) is 13.1 Å². The Morgan fingerprint density at radius 2 is 1.57 bits per heavy atom. The van der Waals surface area contributed by atoms with E-state index < -0.39 is 11.6 Å². The zero-order valence-corrected chi connectivity index (χ0v) is 18.6. The maximum Gasteiger partial charge on any atom is 0.255 e. The molecule has 5 nitrogen and oxygen atoms in total. The first-order valence-electron chi connectivity index (χ1n) is 11.0. The number of fused-ring (bicyclic) bond motifs is 1. The van der Waals surface area contributed by atoms with Gasteiger partial charge in [-0.3, -0.25) is 9.59 Å². The van der Waals surface area contributed by atoms with E-state index in [4.69, 9.17) is 5.73 Å². The molecule has 0 saturated heterocycles. The minimum atomic E-state index is -0.669. The minimum Gasteiger partial charge on any atom is -0.397 e. The lowest BCUT2D eigenvalue weighted by Gasteiger charge is -2.16. The van der Waals surface area contributed by atoms with Gasteiger partial charge in [-0.05, 0) is 64.7 Å². The lowest BCUT2D eigenvalue weighted by atomic mass is 9.97. The predicted octanol–water partition coefficient (Wildman–Crippen LogP) is 5.62. The molecule has 0 saturated carbocycles. The molecule has 7 heteroatoms. The van der Waals surface area contributed by atoms with Crippen molar-refractivity contribution in [3.8, 4) is 11.1 Å². The number of carbonyl (C=O) groups is 2. The monoisotopic (exact) mass is 469 g/mol. The van der Waals surface area contributed by atoms with Crippen LogP contribution in [-0.4, -0.2) is 16.7 Å². The van der Waals surface area contributed by atoms with E-state index in [2.05, 4.69) is 5.32 Å². The Morgan fingerprint density at radius 1 is 0.886 bits per heavy atom. The Balaban J connectivity index is 1.32. The number of para-hydroxylation sites is 2. The molecule has 0 aromatic heterocycles. The van der Waals surface area contributed by atoms with E-state index in [1.807, 2.05) is 0 Å². The van der Waals surface area contributed by atoms with Gasteiger partial charge in [0.15, 0.2) is 0 Å². The van der Waals surface area contributed by atoms with Crippen molar-refractivity contribution in [3.05, 3.63) is 119 Å². The molecule has 0 spiro atoms. The molecule has 5 rings (SSSR count). The summed E-state index contributed by atoms with van der Waals surface area (Å²) in [5.41, 5.74) is 10.5. The molecule has 1 aliphatic rings. The highest BCUT2D eigenvalue weighted by atomic mass is 19.1. The highest BCUT2D eigenvalue weighted by molar-refractivity contribution is 6.05. The third-order valence-electron chi connectivity index (χ3n) is 6.01. The molecular formula is C28H21F2N3O2. The van der Waals surface area contributed by atoms with Gasteiger partial charge in [0.2, 0.25) is 0 Å². The van der Waals surface area contributed by atoms with Crippen LogP contribution in [0, 0.1) is 11.6 Å². The lowest BCUT2D eigenvalue weighted by molar-refractivity contribution is 0.0766. The van der Waals surface area contributed by atoms with Crippen LogP contribution in [0.5, 0.6) is 0 Å². The van der Waals surface area contributed by atoms with Gasteiger partial charge in [-0.1, -0.05) is 36.4 Å². The summed E-state index contributed by atoms with van der Waals surface area (Å²) in [6, 6.07) is 22.5. The highest BCUT2D eigenvalue weighted by Crippen LogP contribution is 2.34. The van der Waals surface area contributed by atoms with E-state index in [-0.39, 0.29) is 11.8 Å². The number of nitrogens with one attached hydrogen (secondary N) is 1. The standard InChI is InChI=1S/C28H21F2N3O2/c29-20-12-19(13-21(30)14-20)22-4-3-5-23-24(22)16-33(28(23)35)15-17-8-10-18(11-9-17)27(34)32-26-7-2-1-6-25(26)31/h1-14H,15-16,31H2,(H,32,34). The number of hydrogen-bond acceptors (Lipinski definition) is 3. The zero-order chi connectivity index (χ0) is 24.5. The SMILES string of the molecule is Nc1ccccc1NC(=O)c1ccc(CN2Cc3c(cccc3-c3cc(F)cc(F)c3)C2=O)cc1. The molecule has 174 valence electrons. The summed E-state index contributed by atoms with van der Waals surface area (Å²) in [5.74, 6) is -1.78. The summed E-state index contributed by atoms with van der Waals surface area (Å²) in [7, 11) is 0. The van der Waals surface area contributed by atoms with E-state index in [1.165, 1.54) is 12.1 Å². The van der Waals surface area contributed by atoms with Gasteiger partial charge in [0, 0.05) is 30.3 Å². The van der Waals surface area contributed by atoms with E-state index >= 15 is 0 Å². The molecular weight excluding hydrogens is 448 g/mol. The summed E-state index contributed by atoms with van der Waals surface area (Å²) in [6.45, 7) is 0.649. The Kier molecular flexibility index (Phi) is 5.74. The van der Waals surface area contributed by atoms with Gasteiger partial charge < -0.3 is 16.0 Å². The van der Waals surface area contributed by atoms with E-state index in [9.17, 15) is 18.4 Å². The topological polar surface area (TPSA) is 75.4 Å². The summed E-state index contributed by atoms with van der Waals surface area (Å²) >= 11 is 0. The van der Waals surface area contributed by atoms with Gasteiger partial charge in [0.25, 0.3) is 11.8 Å². The van der Waals surface area contributed by atoms with E-state index in [0.717, 1.165) is 17.2 Å². The fourth-order valence-electron chi connectivity index (χ4n) is 4.29. The molecule has 0 unspecified atom stereocenters. The Hall–Kier alpha value is -4.52.